The molecular formula is C16H15Cl2F2N. The molecule has 2 aromatic carbocycles. The molecule has 0 aliphatic carbocycles. The number of hydrogen-bond donors (Lipinski definition) is 1. The van der Waals surface area contributed by atoms with E-state index in [1.807, 2.05) is 6.92 Å². The SMILES string of the molecule is CCNC(Cc1cc(F)ccc1Cl)c1cccc(F)c1Cl. The Kier molecular flexibility index (Phi) is 5.57. The minimum atomic E-state index is -0.470. The summed E-state index contributed by atoms with van der Waals surface area (Å²) in [5.41, 5.74) is 1.29. The molecule has 0 aromatic heterocycles. The first-order valence-corrected chi connectivity index (χ1v) is 7.39. The third-order valence-corrected chi connectivity index (χ3v) is 4.01. The molecule has 112 valence electrons. The van der Waals surface area contributed by atoms with Gasteiger partial charge in [0.15, 0.2) is 0 Å². The van der Waals surface area contributed by atoms with Gasteiger partial charge in [-0.15, -0.1) is 0 Å². The van der Waals surface area contributed by atoms with Crippen molar-refractivity contribution >= 4 is 23.2 Å². The molecule has 0 spiro atoms. The van der Waals surface area contributed by atoms with E-state index >= 15 is 0 Å². The Morgan fingerprint density at radius 1 is 1.14 bits per heavy atom. The van der Waals surface area contributed by atoms with Crippen molar-refractivity contribution in [2.45, 2.75) is 19.4 Å². The van der Waals surface area contributed by atoms with Crippen LogP contribution in [0.1, 0.15) is 24.1 Å². The van der Waals surface area contributed by atoms with Gasteiger partial charge in [0.2, 0.25) is 0 Å². The number of rotatable bonds is 5. The number of benzene rings is 2. The normalized spacial score (nSPS) is 12.4. The monoisotopic (exact) mass is 329 g/mol. The maximum atomic E-state index is 13.6. The van der Waals surface area contributed by atoms with E-state index in [2.05, 4.69) is 5.32 Å². The maximum absolute atomic E-state index is 13.6. The summed E-state index contributed by atoms with van der Waals surface area (Å²) in [7, 11) is 0. The summed E-state index contributed by atoms with van der Waals surface area (Å²) in [5.74, 6) is -0.822. The molecule has 1 nitrogen and oxygen atoms in total. The van der Waals surface area contributed by atoms with Crippen molar-refractivity contribution < 1.29 is 8.78 Å². The smallest absolute Gasteiger partial charge is 0.142 e. The second-order valence-corrected chi connectivity index (χ2v) is 5.48. The van der Waals surface area contributed by atoms with E-state index in [0.717, 1.165) is 0 Å². The third kappa shape index (κ3) is 3.94. The molecule has 2 rings (SSSR count). The highest BCUT2D eigenvalue weighted by Gasteiger charge is 2.18. The van der Waals surface area contributed by atoms with Crippen LogP contribution in [-0.2, 0) is 6.42 Å². The van der Waals surface area contributed by atoms with Crippen LogP contribution in [0, 0.1) is 11.6 Å². The first-order chi connectivity index (χ1) is 10.0. The minimum Gasteiger partial charge on any atom is -0.310 e. The summed E-state index contributed by atoms with van der Waals surface area (Å²) in [4.78, 5) is 0. The topological polar surface area (TPSA) is 12.0 Å². The molecule has 1 unspecified atom stereocenters. The second-order valence-electron chi connectivity index (χ2n) is 4.69. The lowest BCUT2D eigenvalue weighted by atomic mass is 9.98. The van der Waals surface area contributed by atoms with Gasteiger partial charge in [-0.1, -0.05) is 42.3 Å². The fourth-order valence-corrected chi connectivity index (χ4v) is 2.70. The molecule has 0 saturated carbocycles. The quantitative estimate of drug-likeness (QED) is 0.798. The molecule has 0 aliphatic rings. The van der Waals surface area contributed by atoms with Gasteiger partial charge in [-0.2, -0.15) is 0 Å². The van der Waals surface area contributed by atoms with Crippen LogP contribution < -0.4 is 5.32 Å². The Bertz CT molecular complexity index is 632. The van der Waals surface area contributed by atoms with Crippen LogP contribution in [0.2, 0.25) is 10.0 Å². The number of halogens is 4. The van der Waals surface area contributed by atoms with Gasteiger partial charge in [-0.3, -0.25) is 0 Å². The summed E-state index contributed by atoms with van der Waals surface area (Å²) >= 11 is 12.1. The van der Waals surface area contributed by atoms with E-state index in [-0.39, 0.29) is 16.9 Å². The summed E-state index contributed by atoms with van der Waals surface area (Å²) in [6, 6.07) is 8.65. The lowest BCUT2D eigenvalue weighted by molar-refractivity contribution is 0.540. The van der Waals surface area contributed by atoms with Crippen LogP contribution in [0.15, 0.2) is 36.4 Å². The minimum absolute atomic E-state index is 0.0796. The lowest BCUT2D eigenvalue weighted by Crippen LogP contribution is -2.23. The Balaban J connectivity index is 2.35. The molecule has 1 N–H and O–H groups in total. The molecule has 0 radical (unpaired) electrons. The van der Waals surface area contributed by atoms with Gasteiger partial charge < -0.3 is 5.32 Å². The summed E-state index contributed by atoms with van der Waals surface area (Å²) < 4.78 is 27.0. The van der Waals surface area contributed by atoms with Gasteiger partial charge in [-0.05, 0) is 48.4 Å². The van der Waals surface area contributed by atoms with E-state index in [9.17, 15) is 8.78 Å². The van der Waals surface area contributed by atoms with Gasteiger partial charge in [-0.25, -0.2) is 8.78 Å². The van der Waals surface area contributed by atoms with Crippen LogP contribution >= 0.6 is 23.2 Å². The number of likely N-dealkylation sites (N-methyl/N-ethyl adjacent to an activating group) is 1. The molecule has 0 saturated heterocycles. The average Bonchev–Trinajstić information content (AvgIpc) is 2.45. The highest BCUT2D eigenvalue weighted by molar-refractivity contribution is 6.32. The Morgan fingerprint density at radius 3 is 2.62 bits per heavy atom. The molecule has 1 atom stereocenters. The largest absolute Gasteiger partial charge is 0.310 e. The molecule has 0 fully saturated rings. The molecule has 0 amide bonds. The van der Waals surface area contributed by atoms with Gasteiger partial charge in [0.1, 0.15) is 11.6 Å². The average molecular weight is 330 g/mol. The predicted molar refractivity (Wildman–Crippen MR) is 82.9 cm³/mol. The van der Waals surface area contributed by atoms with Gasteiger partial charge in [0, 0.05) is 11.1 Å². The zero-order valence-corrected chi connectivity index (χ0v) is 13.0. The highest BCUT2D eigenvalue weighted by Crippen LogP contribution is 2.30. The third-order valence-electron chi connectivity index (χ3n) is 3.24. The molecular weight excluding hydrogens is 315 g/mol. The van der Waals surface area contributed by atoms with Crippen molar-refractivity contribution in [3.05, 3.63) is 69.2 Å². The van der Waals surface area contributed by atoms with E-state index < -0.39 is 5.82 Å². The van der Waals surface area contributed by atoms with Crippen molar-refractivity contribution in [3.63, 3.8) is 0 Å². The number of nitrogens with one attached hydrogen (secondary N) is 1. The van der Waals surface area contributed by atoms with Crippen molar-refractivity contribution in [2.75, 3.05) is 6.54 Å². The van der Waals surface area contributed by atoms with Crippen molar-refractivity contribution in [1.82, 2.24) is 5.32 Å². The standard InChI is InChI=1S/C16H15Cl2F2N/c1-2-21-15(12-4-3-5-14(20)16(12)18)9-10-8-11(19)6-7-13(10)17/h3-8,15,21H,2,9H2,1H3. The highest BCUT2D eigenvalue weighted by atomic mass is 35.5. The van der Waals surface area contributed by atoms with Crippen molar-refractivity contribution in [3.8, 4) is 0 Å². The second kappa shape index (κ2) is 7.21. The van der Waals surface area contributed by atoms with Gasteiger partial charge in [0.25, 0.3) is 0 Å². The van der Waals surface area contributed by atoms with Crippen LogP contribution in [0.25, 0.3) is 0 Å². The van der Waals surface area contributed by atoms with E-state index in [1.165, 1.54) is 24.3 Å². The Labute approximate surface area is 132 Å². The Morgan fingerprint density at radius 2 is 1.90 bits per heavy atom. The molecule has 0 aliphatic heterocycles. The zero-order chi connectivity index (χ0) is 15.4. The van der Waals surface area contributed by atoms with Crippen LogP contribution in [0.3, 0.4) is 0 Å². The maximum Gasteiger partial charge on any atom is 0.142 e. The predicted octanol–water partition coefficient (Wildman–Crippen LogP) is 5.16. The summed E-state index contributed by atoms with van der Waals surface area (Å²) in [5, 5.41) is 3.79. The fraction of sp³-hybridized carbons (Fsp3) is 0.250. The lowest BCUT2D eigenvalue weighted by Gasteiger charge is -2.20. The van der Waals surface area contributed by atoms with Crippen molar-refractivity contribution in [1.29, 1.82) is 0 Å². The van der Waals surface area contributed by atoms with Gasteiger partial charge >= 0.3 is 0 Å². The molecule has 0 heterocycles. The van der Waals surface area contributed by atoms with Crippen LogP contribution in [0.4, 0.5) is 8.78 Å². The molecule has 5 heteroatoms. The summed E-state index contributed by atoms with van der Waals surface area (Å²) in [6.45, 7) is 2.61. The molecule has 2 aromatic rings. The van der Waals surface area contributed by atoms with E-state index in [4.69, 9.17) is 23.2 Å². The van der Waals surface area contributed by atoms with Crippen molar-refractivity contribution in [2.24, 2.45) is 0 Å². The van der Waals surface area contributed by atoms with E-state index in [1.54, 1.807) is 12.1 Å². The Hall–Kier alpha value is -1.16. The first kappa shape index (κ1) is 16.2. The van der Waals surface area contributed by atoms with Crippen LogP contribution in [-0.4, -0.2) is 6.54 Å². The molecule has 0 bridgehead atoms. The van der Waals surface area contributed by atoms with E-state index in [0.29, 0.717) is 29.1 Å². The first-order valence-electron chi connectivity index (χ1n) is 6.64. The molecule has 21 heavy (non-hydrogen) atoms. The summed E-state index contributed by atoms with van der Waals surface area (Å²) in [6.07, 6.45) is 0.424. The fourth-order valence-electron chi connectivity index (χ4n) is 2.25. The van der Waals surface area contributed by atoms with Crippen LogP contribution in [0.5, 0.6) is 0 Å². The number of hydrogen-bond acceptors (Lipinski definition) is 1. The van der Waals surface area contributed by atoms with Gasteiger partial charge in [0.05, 0.1) is 5.02 Å². The zero-order valence-electron chi connectivity index (χ0n) is 11.5.